The lowest BCUT2D eigenvalue weighted by Crippen LogP contribution is -2.72. The molecule has 15 heteroatoms. The Morgan fingerprint density at radius 2 is 1.94 bits per heavy atom. The van der Waals surface area contributed by atoms with Crippen LogP contribution in [0.3, 0.4) is 0 Å². The second-order valence-electron chi connectivity index (χ2n) is 8.65. The molecular weight excluding hydrogens is 478 g/mol. The number of nitrogens with two attached hydrogens (primary N) is 1. The zero-order chi connectivity index (χ0) is 25.4. The van der Waals surface area contributed by atoms with E-state index in [1.54, 1.807) is 27.7 Å². The molecule has 2 rings (SSSR count). The highest BCUT2D eigenvalue weighted by molar-refractivity contribution is 7.84. The van der Waals surface area contributed by atoms with Gasteiger partial charge in [-0.1, -0.05) is 12.1 Å². The average Bonchev–Trinajstić information content (AvgIpc) is 3.07. The molecule has 0 aromatic carbocycles. The van der Waals surface area contributed by atoms with Gasteiger partial charge >= 0.3 is 16.3 Å². The van der Waals surface area contributed by atoms with E-state index >= 15 is 0 Å². The number of nitrogen functional groups attached to an aromatic ring is 1. The highest BCUT2D eigenvalue weighted by atomic mass is 32.2. The maximum absolute atomic E-state index is 12.9. The minimum Gasteiger partial charge on any atom is -0.457 e. The van der Waals surface area contributed by atoms with Gasteiger partial charge in [-0.2, -0.15) is 8.42 Å². The number of nitrogens with zero attached hydrogens (tertiary/aromatic N) is 3. The molecule has 1 aliphatic heterocycles. The molecule has 2 amide bonds. The quantitative estimate of drug-likeness (QED) is 0.147. The van der Waals surface area contributed by atoms with Crippen LogP contribution in [-0.4, -0.2) is 69.0 Å². The largest absolute Gasteiger partial charge is 0.457 e. The van der Waals surface area contributed by atoms with Crippen LogP contribution in [0.4, 0.5) is 5.13 Å². The van der Waals surface area contributed by atoms with E-state index in [9.17, 15) is 27.4 Å². The fourth-order valence-electron chi connectivity index (χ4n) is 2.77. The number of β-lactam (4-membered cyclic amide) rings is 1. The van der Waals surface area contributed by atoms with Crippen molar-refractivity contribution in [2.45, 2.75) is 71.2 Å². The van der Waals surface area contributed by atoms with E-state index in [1.807, 2.05) is 0 Å². The Morgan fingerprint density at radius 1 is 1.33 bits per heavy atom. The summed E-state index contributed by atoms with van der Waals surface area (Å²) in [5.74, 6) is -2.67. The van der Waals surface area contributed by atoms with Gasteiger partial charge in [0.25, 0.3) is 11.8 Å². The summed E-state index contributed by atoms with van der Waals surface area (Å²) in [5, 5.41) is 7.70. The van der Waals surface area contributed by atoms with Crippen molar-refractivity contribution in [1.29, 1.82) is 0 Å². The van der Waals surface area contributed by atoms with Crippen molar-refractivity contribution in [1.82, 2.24) is 14.6 Å². The number of hydrogen-bond donors (Lipinski definition) is 3. The molecule has 1 fully saturated rings. The van der Waals surface area contributed by atoms with E-state index in [4.69, 9.17) is 15.3 Å². The average molecular weight is 506 g/mol. The van der Waals surface area contributed by atoms with Crippen molar-refractivity contribution >= 4 is 50.3 Å². The van der Waals surface area contributed by atoms with Crippen LogP contribution in [0.1, 0.15) is 53.7 Å². The lowest BCUT2D eigenvalue weighted by molar-refractivity contribution is -0.179. The number of carbonyl (C=O) groups is 3. The molecule has 0 saturated carbocycles. The van der Waals surface area contributed by atoms with Crippen molar-refractivity contribution in [3.63, 3.8) is 0 Å². The zero-order valence-corrected chi connectivity index (χ0v) is 20.6. The van der Waals surface area contributed by atoms with E-state index in [-0.39, 0.29) is 21.6 Å². The number of amides is 2. The van der Waals surface area contributed by atoms with Gasteiger partial charge in [-0.15, -0.1) is 11.3 Å². The molecule has 2 atom stereocenters. The molecule has 1 aliphatic rings. The van der Waals surface area contributed by atoms with Gasteiger partial charge in [0.05, 0.1) is 6.04 Å². The maximum atomic E-state index is 12.9. The topological polar surface area (TPSA) is 191 Å². The number of rotatable bonds is 8. The molecule has 33 heavy (non-hydrogen) atoms. The van der Waals surface area contributed by atoms with Crippen molar-refractivity contribution in [2.75, 3.05) is 5.73 Å². The van der Waals surface area contributed by atoms with E-state index in [1.165, 1.54) is 19.2 Å². The smallest absolute Gasteiger partial charge is 0.362 e. The first-order valence-corrected chi connectivity index (χ1v) is 12.1. The third-order valence-electron chi connectivity index (χ3n) is 4.36. The number of aromatic nitrogens is 1. The molecule has 0 bridgehead atoms. The summed E-state index contributed by atoms with van der Waals surface area (Å²) in [7, 11) is -4.77. The third kappa shape index (κ3) is 6.17. The Balaban J connectivity index is 2.29. The zero-order valence-electron chi connectivity index (χ0n) is 19.0. The summed E-state index contributed by atoms with van der Waals surface area (Å²) < 4.78 is 37.6. The number of hydrogen-bond acceptors (Lipinski definition) is 11. The molecule has 2 heterocycles. The predicted molar refractivity (Wildman–Crippen MR) is 118 cm³/mol. The number of oxime groups is 1. The Morgan fingerprint density at radius 3 is 2.39 bits per heavy atom. The number of ether oxygens (including phenoxy) is 1. The van der Waals surface area contributed by atoms with Gasteiger partial charge in [-0.3, -0.25) is 14.1 Å². The Kier molecular flexibility index (Phi) is 7.40. The molecule has 13 nitrogen and oxygen atoms in total. The molecule has 0 radical (unpaired) electrons. The molecule has 0 aliphatic carbocycles. The first-order valence-electron chi connectivity index (χ1n) is 9.80. The van der Waals surface area contributed by atoms with Gasteiger partial charge in [0.2, 0.25) is 5.60 Å². The van der Waals surface area contributed by atoms with Gasteiger partial charge < -0.3 is 20.6 Å². The number of carbonyl (C=O) groups excluding carboxylic acids is 3. The second kappa shape index (κ2) is 9.23. The van der Waals surface area contributed by atoms with E-state index in [0.717, 1.165) is 11.3 Å². The predicted octanol–water partition coefficient (Wildman–Crippen LogP) is 0.475. The van der Waals surface area contributed by atoms with E-state index < -0.39 is 57.1 Å². The summed E-state index contributed by atoms with van der Waals surface area (Å²) in [5.41, 5.74) is 2.89. The number of thiazole rings is 1. The molecule has 1 saturated heterocycles. The van der Waals surface area contributed by atoms with Crippen LogP contribution < -0.4 is 11.1 Å². The van der Waals surface area contributed by atoms with Gasteiger partial charge in [-0.05, 0) is 41.0 Å². The molecule has 0 spiro atoms. The van der Waals surface area contributed by atoms with Gasteiger partial charge in [0.15, 0.2) is 10.8 Å². The van der Waals surface area contributed by atoms with Gasteiger partial charge in [-0.25, -0.2) is 14.1 Å². The number of esters is 1. The Labute approximate surface area is 195 Å². The highest BCUT2D eigenvalue weighted by Gasteiger charge is 2.53. The van der Waals surface area contributed by atoms with Crippen molar-refractivity contribution in [2.24, 2.45) is 5.16 Å². The fraction of sp³-hybridized carbons (Fsp3) is 0.611. The minimum atomic E-state index is -4.77. The lowest BCUT2D eigenvalue weighted by Gasteiger charge is -2.43. The molecule has 1 aromatic rings. The molecule has 4 N–H and O–H groups in total. The molecular formula is C18H27N5O8S2. The standard InChI is InChI=1S/C18H27N5O8S2/c1-7-10-12(14(25)23(10)33(27,28)29)21-13(24)11(9-8-32-16(19)20-9)22-31-18(5,6)15(26)30-17(2,3)4/h8,10,12H,7H2,1-6H3,(H2,19,20)(H,21,24)(H,27,28,29)/b22-11+/t10-,12-/m0/s1. The third-order valence-corrected chi connectivity index (χ3v) is 5.98. The van der Waals surface area contributed by atoms with Crippen LogP contribution in [0, 0.1) is 0 Å². The monoisotopic (exact) mass is 505 g/mol. The van der Waals surface area contributed by atoms with Crippen molar-refractivity contribution < 1.29 is 36.9 Å². The minimum absolute atomic E-state index is 0.0152. The molecule has 1 aromatic heterocycles. The maximum Gasteiger partial charge on any atom is 0.362 e. The van der Waals surface area contributed by atoms with E-state index in [0.29, 0.717) is 0 Å². The van der Waals surface area contributed by atoms with Crippen LogP contribution in [0.15, 0.2) is 10.5 Å². The van der Waals surface area contributed by atoms with Crippen molar-refractivity contribution in [3.05, 3.63) is 11.1 Å². The SMILES string of the molecule is CC[C@H]1[C@H](NC(=O)/C(=N/OC(C)(C)C(=O)OC(C)(C)C)c2csc(N)n2)C(=O)N1S(=O)(=O)O. The Hall–Kier alpha value is -2.78. The summed E-state index contributed by atoms with van der Waals surface area (Å²) in [6, 6.07) is -2.22. The van der Waals surface area contributed by atoms with Crippen molar-refractivity contribution in [3.8, 4) is 0 Å². The highest BCUT2D eigenvalue weighted by Crippen LogP contribution is 2.26. The van der Waals surface area contributed by atoms with Crippen LogP contribution in [-0.2, 0) is 34.3 Å². The second-order valence-corrected chi connectivity index (χ2v) is 10.8. The van der Waals surface area contributed by atoms with Crippen LogP contribution in [0.2, 0.25) is 0 Å². The normalized spacial score (nSPS) is 19.7. The number of nitrogens with one attached hydrogen (secondary N) is 1. The first-order chi connectivity index (χ1) is 15.0. The number of anilines is 1. The van der Waals surface area contributed by atoms with Crippen LogP contribution >= 0.6 is 11.3 Å². The summed E-state index contributed by atoms with van der Waals surface area (Å²) in [6.45, 7) is 9.39. The molecule has 0 unspecified atom stereocenters. The molecule has 184 valence electrons. The summed E-state index contributed by atoms with van der Waals surface area (Å²) >= 11 is 1.02. The lowest BCUT2D eigenvalue weighted by atomic mass is 9.96. The first kappa shape index (κ1) is 26.5. The fourth-order valence-corrected chi connectivity index (χ4v) is 4.27. The van der Waals surface area contributed by atoms with Crippen LogP contribution in [0.5, 0.6) is 0 Å². The van der Waals surface area contributed by atoms with Gasteiger partial charge in [0.1, 0.15) is 17.3 Å². The van der Waals surface area contributed by atoms with Gasteiger partial charge in [0, 0.05) is 5.38 Å². The Bertz CT molecular complexity index is 1070. The van der Waals surface area contributed by atoms with E-state index in [2.05, 4.69) is 15.5 Å². The summed E-state index contributed by atoms with van der Waals surface area (Å²) in [6.07, 6.45) is 0.134. The van der Waals surface area contributed by atoms with Crippen LogP contribution in [0.25, 0.3) is 0 Å². The summed E-state index contributed by atoms with van der Waals surface area (Å²) in [4.78, 5) is 46.9.